The van der Waals surface area contributed by atoms with Crippen LogP contribution in [0.1, 0.15) is 11.1 Å². The molecule has 0 radical (unpaired) electrons. The van der Waals surface area contributed by atoms with Crippen molar-refractivity contribution in [1.82, 2.24) is 0 Å². The van der Waals surface area contributed by atoms with Crippen LogP contribution < -0.4 is 0 Å². The zero-order chi connectivity index (χ0) is 18.7. The molecule has 0 amide bonds. The van der Waals surface area contributed by atoms with Crippen LogP contribution in [0.3, 0.4) is 0 Å². The van der Waals surface area contributed by atoms with E-state index in [2.05, 4.69) is 0 Å². The molecule has 0 N–H and O–H groups in total. The Balaban J connectivity index is 1.86. The highest BCUT2D eigenvalue weighted by atomic mass is 31.2. The van der Waals surface area contributed by atoms with Crippen LogP contribution in [-0.4, -0.2) is 33.6 Å². The van der Waals surface area contributed by atoms with Crippen LogP contribution in [0.2, 0.25) is 0 Å². The maximum atomic E-state index is 12.5. The summed E-state index contributed by atoms with van der Waals surface area (Å²) >= 11 is 0. The highest BCUT2D eigenvalue weighted by Gasteiger charge is 2.27. The van der Waals surface area contributed by atoms with Crippen LogP contribution >= 0.6 is 7.60 Å². The maximum absolute atomic E-state index is 12.5. The lowest BCUT2D eigenvalue weighted by Crippen LogP contribution is -2.21. The van der Waals surface area contributed by atoms with Crippen LogP contribution in [-0.2, 0) is 36.3 Å². The molecule has 2 rings (SSSR count). The monoisotopic (exact) mass is 378 g/mol. The molecule has 26 heavy (non-hydrogen) atoms. The van der Waals surface area contributed by atoms with Gasteiger partial charge < -0.3 is 18.5 Å². The summed E-state index contributed by atoms with van der Waals surface area (Å²) in [5.74, 6) is -0.0897. The normalized spacial score (nSPS) is 11.8. The molecular formula is C20H27O5P. The second-order valence-corrected chi connectivity index (χ2v) is 8.34. The standard InChI is InChI=1S/C20H27O5P/c1-22-26(21,23-2)17-20(15-24-13-18-9-5-3-6-10-18)16-25-14-19-11-7-4-8-12-19/h3-12,20H,13-17H2,1-2H3. The molecule has 0 saturated heterocycles. The second-order valence-electron chi connectivity index (χ2n) is 6.03. The van der Waals surface area contributed by atoms with E-state index in [1.165, 1.54) is 14.2 Å². The molecule has 0 saturated carbocycles. The van der Waals surface area contributed by atoms with E-state index in [-0.39, 0.29) is 12.1 Å². The molecule has 0 aliphatic rings. The third-order valence-corrected chi connectivity index (χ3v) is 6.04. The molecule has 0 spiro atoms. The van der Waals surface area contributed by atoms with E-state index >= 15 is 0 Å². The molecule has 6 heteroatoms. The van der Waals surface area contributed by atoms with Crippen molar-refractivity contribution in [2.24, 2.45) is 5.92 Å². The minimum Gasteiger partial charge on any atom is -0.376 e. The quantitative estimate of drug-likeness (QED) is 0.508. The van der Waals surface area contributed by atoms with Gasteiger partial charge in [0.05, 0.1) is 32.6 Å². The highest BCUT2D eigenvalue weighted by Crippen LogP contribution is 2.48. The lowest BCUT2D eigenvalue weighted by atomic mass is 10.2. The predicted molar refractivity (Wildman–Crippen MR) is 102 cm³/mol. The highest BCUT2D eigenvalue weighted by molar-refractivity contribution is 7.53. The van der Waals surface area contributed by atoms with Crippen LogP contribution in [0.15, 0.2) is 60.7 Å². The van der Waals surface area contributed by atoms with Crippen LogP contribution in [0.4, 0.5) is 0 Å². The number of hydrogen-bond acceptors (Lipinski definition) is 5. The topological polar surface area (TPSA) is 54.0 Å². The van der Waals surface area contributed by atoms with Gasteiger partial charge in [-0.15, -0.1) is 0 Å². The molecule has 142 valence electrons. The first-order valence-corrected chi connectivity index (χ1v) is 10.3. The number of hydrogen-bond donors (Lipinski definition) is 0. The fourth-order valence-corrected chi connectivity index (χ4v) is 3.82. The fourth-order valence-electron chi connectivity index (χ4n) is 2.53. The van der Waals surface area contributed by atoms with Crippen LogP contribution in [0, 0.1) is 5.92 Å². The van der Waals surface area contributed by atoms with E-state index < -0.39 is 7.60 Å². The van der Waals surface area contributed by atoms with E-state index in [9.17, 15) is 4.57 Å². The number of ether oxygens (including phenoxy) is 2. The molecule has 0 aromatic heterocycles. The smallest absolute Gasteiger partial charge is 0.330 e. The number of benzene rings is 2. The van der Waals surface area contributed by atoms with Crippen molar-refractivity contribution in [1.29, 1.82) is 0 Å². The van der Waals surface area contributed by atoms with E-state index in [1.807, 2.05) is 60.7 Å². The van der Waals surface area contributed by atoms with Crippen molar-refractivity contribution >= 4 is 7.60 Å². The summed E-state index contributed by atoms with van der Waals surface area (Å²) < 4.78 is 34.2. The van der Waals surface area contributed by atoms with Crippen molar-refractivity contribution in [2.75, 3.05) is 33.6 Å². The first-order valence-electron chi connectivity index (χ1n) is 8.59. The van der Waals surface area contributed by atoms with Crippen molar-refractivity contribution < 1.29 is 23.1 Å². The van der Waals surface area contributed by atoms with Gasteiger partial charge in [-0.1, -0.05) is 60.7 Å². The fraction of sp³-hybridized carbons (Fsp3) is 0.400. The maximum Gasteiger partial charge on any atom is 0.330 e. The summed E-state index contributed by atoms with van der Waals surface area (Å²) in [4.78, 5) is 0. The molecular weight excluding hydrogens is 351 g/mol. The van der Waals surface area contributed by atoms with E-state index in [0.717, 1.165) is 11.1 Å². The van der Waals surface area contributed by atoms with Gasteiger partial charge in [-0.25, -0.2) is 0 Å². The molecule has 0 aliphatic carbocycles. The Morgan fingerprint density at radius 3 is 1.58 bits per heavy atom. The lowest BCUT2D eigenvalue weighted by Gasteiger charge is -2.21. The first kappa shape index (κ1) is 20.8. The SMILES string of the molecule is COP(=O)(CC(COCc1ccccc1)COCc1ccccc1)OC. The summed E-state index contributed by atoms with van der Waals surface area (Å²) in [6.07, 6.45) is 0.254. The third kappa shape index (κ3) is 7.40. The molecule has 0 fully saturated rings. The predicted octanol–water partition coefficient (Wildman–Crippen LogP) is 4.52. The van der Waals surface area contributed by atoms with Gasteiger partial charge in [-0.05, 0) is 11.1 Å². The van der Waals surface area contributed by atoms with Gasteiger partial charge in [-0.2, -0.15) is 0 Å². The molecule has 0 bridgehead atoms. The Morgan fingerprint density at radius 1 is 0.769 bits per heavy atom. The van der Waals surface area contributed by atoms with Crippen LogP contribution in [0.5, 0.6) is 0 Å². The van der Waals surface area contributed by atoms with Gasteiger partial charge in [0.25, 0.3) is 0 Å². The van der Waals surface area contributed by atoms with Crippen molar-refractivity contribution in [3.05, 3.63) is 71.8 Å². The Hall–Kier alpha value is -1.49. The molecule has 2 aromatic rings. The summed E-state index contributed by atoms with van der Waals surface area (Å²) in [7, 11) is -0.322. The van der Waals surface area contributed by atoms with Crippen molar-refractivity contribution in [3.8, 4) is 0 Å². The summed E-state index contributed by atoms with van der Waals surface area (Å²) in [6, 6.07) is 19.9. The van der Waals surface area contributed by atoms with Gasteiger partial charge in [0.1, 0.15) is 0 Å². The van der Waals surface area contributed by atoms with Gasteiger partial charge in [0, 0.05) is 20.1 Å². The average Bonchev–Trinajstić information content (AvgIpc) is 2.69. The molecule has 2 aromatic carbocycles. The lowest BCUT2D eigenvalue weighted by molar-refractivity contribution is 0.0325. The minimum absolute atomic E-state index is 0.0897. The van der Waals surface area contributed by atoms with Gasteiger partial charge in [-0.3, -0.25) is 4.57 Å². The molecule has 0 atom stereocenters. The minimum atomic E-state index is -3.12. The van der Waals surface area contributed by atoms with E-state index in [0.29, 0.717) is 26.4 Å². The van der Waals surface area contributed by atoms with E-state index in [1.54, 1.807) is 0 Å². The largest absolute Gasteiger partial charge is 0.376 e. The van der Waals surface area contributed by atoms with Gasteiger partial charge >= 0.3 is 7.60 Å². The first-order chi connectivity index (χ1) is 12.6. The zero-order valence-electron chi connectivity index (χ0n) is 15.4. The van der Waals surface area contributed by atoms with Crippen molar-refractivity contribution in [2.45, 2.75) is 13.2 Å². The van der Waals surface area contributed by atoms with Gasteiger partial charge in [0.15, 0.2) is 0 Å². The average molecular weight is 378 g/mol. The van der Waals surface area contributed by atoms with Crippen LogP contribution in [0.25, 0.3) is 0 Å². The summed E-state index contributed by atoms with van der Waals surface area (Å²) in [5.41, 5.74) is 2.19. The number of rotatable bonds is 12. The van der Waals surface area contributed by atoms with Gasteiger partial charge in [0.2, 0.25) is 0 Å². The third-order valence-electron chi connectivity index (χ3n) is 3.97. The Labute approximate surface area is 155 Å². The van der Waals surface area contributed by atoms with Crippen molar-refractivity contribution in [3.63, 3.8) is 0 Å². The zero-order valence-corrected chi connectivity index (χ0v) is 16.3. The second kappa shape index (κ2) is 11.3. The summed E-state index contributed by atoms with van der Waals surface area (Å²) in [5, 5.41) is 0. The molecule has 5 nitrogen and oxygen atoms in total. The summed E-state index contributed by atoms with van der Waals surface area (Å²) in [6.45, 7) is 1.83. The molecule has 0 aliphatic heterocycles. The van der Waals surface area contributed by atoms with E-state index in [4.69, 9.17) is 18.5 Å². The Kier molecular flexibility index (Phi) is 9.02. The Morgan fingerprint density at radius 2 is 1.19 bits per heavy atom. The Bertz CT molecular complexity index is 609. The molecule has 0 unspecified atom stereocenters. The molecule has 0 heterocycles.